The van der Waals surface area contributed by atoms with Crippen LogP contribution < -0.4 is 10.1 Å². The number of carbonyl (C=O) groups excluding carboxylic acids is 2. The van der Waals surface area contributed by atoms with E-state index in [-0.39, 0.29) is 11.8 Å². The Hall–Kier alpha value is -3.16. The fourth-order valence-corrected chi connectivity index (χ4v) is 4.71. The number of hydrogen-bond acceptors (Lipinski definition) is 5. The molecule has 0 unspecified atom stereocenters. The van der Waals surface area contributed by atoms with E-state index in [2.05, 4.69) is 10.2 Å². The van der Waals surface area contributed by atoms with Crippen molar-refractivity contribution in [3.63, 3.8) is 0 Å². The molecular formula is C25H27N3O3S. The first-order valence-electron chi connectivity index (χ1n) is 10.6. The maximum atomic E-state index is 13.5. The second kappa shape index (κ2) is 9.97. The molecule has 1 fully saturated rings. The normalized spacial score (nSPS) is 15.2. The molecule has 1 N–H and O–H groups in total. The summed E-state index contributed by atoms with van der Waals surface area (Å²) in [7, 11) is 1.60. The summed E-state index contributed by atoms with van der Waals surface area (Å²) in [5.41, 5.74) is 2.62. The summed E-state index contributed by atoms with van der Waals surface area (Å²) in [6.07, 6.45) is 0. The molecule has 1 aliphatic rings. The van der Waals surface area contributed by atoms with E-state index in [4.69, 9.17) is 4.74 Å². The minimum Gasteiger partial charge on any atom is -0.495 e. The first-order chi connectivity index (χ1) is 15.6. The largest absolute Gasteiger partial charge is 0.495 e. The molecular weight excluding hydrogens is 422 g/mol. The second-order valence-corrected chi connectivity index (χ2v) is 8.76. The number of anilines is 1. The zero-order valence-electron chi connectivity index (χ0n) is 18.3. The quantitative estimate of drug-likeness (QED) is 0.613. The molecule has 2 heterocycles. The number of amides is 2. The summed E-state index contributed by atoms with van der Waals surface area (Å²) in [4.78, 5) is 31.0. The van der Waals surface area contributed by atoms with E-state index in [0.717, 1.165) is 16.0 Å². The van der Waals surface area contributed by atoms with E-state index in [0.29, 0.717) is 37.6 Å². The highest BCUT2D eigenvalue weighted by atomic mass is 32.1. The summed E-state index contributed by atoms with van der Waals surface area (Å²) < 4.78 is 5.44. The molecule has 4 rings (SSSR count). The van der Waals surface area contributed by atoms with E-state index >= 15 is 0 Å². The number of carbonyl (C=O) groups is 2. The minimum atomic E-state index is -0.458. The highest BCUT2D eigenvalue weighted by molar-refractivity contribution is 7.12. The number of nitrogens with zero attached hydrogens (tertiary/aromatic N) is 2. The highest BCUT2D eigenvalue weighted by Crippen LogP contribution is 2.29. The molecule has 0 radical (unpaired) electrons. The summed E-state index contributed by atoms with van der Waals surface area (Å²) >= 11 is 1.46. The van der Waals surface area contributed by atoms with Crippen molar-refractivity contribution in [3.8, 4) is 5.75 Å². The number of ether oxygens (including phenoxy) is 1. The molecule has 2 aromatic carbocycles. The van der Waals surface area contributed by atoms with Crippen LogP contribution in [0.15, 0.2) is 66.0 Å². The van der Waals surface area contributed by atoms with Crippen LogP contribution in [-0.2, 0) is 4.79 Å². The zero-order valence-corrected chi connectivity index (χ0v) is 19.1. The Bertz CT molecular complexity index is 1060. The predicted octanol–water partition coefficient (Wildman–Crippen LogP) is 4.20. The molecule has 3 aromatic rings. The van der Waals surface area contributed by atoms with Gasteiger partial charge >= 0.3 is 0 Å². The standard InChI is InChI=1S/C25H27N3O3S/c1-18-10-11-21(31-2)20(17-18)26-24(29)23(19-7-4-3-5-8-19)27-12-14-28(15-13-27)25(30)22-9-6-16-32-22/h3-11,16-17,23H,12-15H2,1-2H3,(H,26,29)/t23-/m1/s1. The molecule has 32 heavy (non-hydrogen) atoms. The van der Waals surface area contributed by atoms with Crippen molar-refractivity contribution < 1.29 is 14.3 Å². The van der Waals surface area contributed by atoms with Crippen LogP contribution in [0.25, 0.3) is 0 Å². The number of nitrogens with one attached hydrogen (secondary N) is 1. The third-order valence-corrected chi connectivity index (χ3v) is 6.53. The van der Waals surface area contributed by atoms with Gasteiger partial charge in [0.1, 0.15) is 11.8 Å². The maximum absolute atomic E-state index is 13.5. The van der Waals surface area contributed by atoms with E-state index in [9.17, 15) is 9.59 Å². The molecule has 1 aromatic heterocycles. The van der Waals surface area contributed by atoms with Gasteiger partial charge < -0.3 is 15.0 Å². The van der Waals surface area contributed by atoms with Crippen molar-refractivity contribution in [1.82, 2.24) is 9.80 Å². The number of rotatable bonds is 6. The SMILES string of the molecule is COc1ccc(C)cc1NC(=O)[C@@H](c1ccccc1)N1CCN(C(=O)c2cccs2)CC1. The van der Waals surface area contributed by atoms with Gasteiger partial charge in [0.25, 0.3) is 5.91 Å². The summed E-state index contributed by atoms with van der Waals surface area (Å²) in [5.74, 6) is 0.574. The molecule has 1 atom stereocenters. The zero-order chi connectivity index (χ0) is 22.5. The van der Waals surface area contributed by atoms with Gasteiger partial charge in [0.2, 0.25) is 5.91 Å². The lowest BCUT2D eigenvalue weighted by Gasteiger charge is -2.38. The topological polar surface area (TPSA) is 61.9 Å². The summed E-state index contributed by atoms with van der Waals surface area (Å²) in [6.45, 7) is 4.39. The van der Waals surface area contributed by atoms with Gasteiger partial charge in [0.05, 0.1) is 17.7 Å². The molecule has 2 amide bonds. The number of benzene rings is 2. The number of piperazine rings is 1. The van der Waals surface area contributed by atoms with Crippen LogP contribution in [0.4, 0.5) is 5.69 Å². The van der Waals surface area contributed by atoms with Gasteiger partial charge in [0.15, 0.2) is 0 Å². The monoisotopic (exact) mass is 449 g/mol. The number of thiophene rings is 1. The van der Waals surface area contributed by atoms with Crippen LogP contribution in [0.5, 0.6) is 5.75 Å². The smallest absolute Gasteiger partial charge is 0.264 e. The Labute approximate surface area is 192 Å². The third kappa shape index (κ3) is 4.84. The third-order valence-electron chi connectivity index (χ3n) is 5.68. The Morgan fingerprint density at radius 1 is 1.00 bits per heavy atom. The second-order valence-electron chi connectivity index (χ2n) is 7.81. The van der Waals surface area contributed by atoms with Crippen LogP contribution in [0.3, 0.4) is 0 Å². The van der Waals surface area contributed by atoms with Crippen LogP contribution in [0, 0.1) is 6.92 Å². The first-order valence-corrected chi connectivity index (χ1v) is 11.5. The minimum absolute atomic E-state index is 0.0601. The van der Waals surface area contributed by atoms with Crippen molar-refractivity contribution in [2.24, 2.45) is 0 Å². The van der Waals surface area contributed by atoms with Gasteiger partial charge in [-0.15, -0.1) is 11.3 Å². The molecule has 166 valence electrons. The summed E-state index contributed by atoms with van der Waals surface area (Å²) in [6, 6.07) is 18.8. The van der Waals surface area contributed by atoms with Crippen LogP contribution in [0.2, 0.25) is 0 Å². The lowest BCUT2D eigenvalue weighted by atomic mass is 10.0. The first kappa shape index (κ1) is 22.0. The van der Waals surface area contributed by atoms with Gasteiger partial charge in [-0.2, -0.15) is 0 Å². The highest BCUT2D eigenvalue weighted by Gasteiger charge is 2.32. The molecule has 7 heteroatoms. The van der Waals surface area contributed by atoms with Crippen molar-refractivity contribution >= 4 is 28.8 Å². The Morgan fingerprint density at radius 2 is 1.75 bits per heavy atom. The Balaban J connectivity index is 1.53. The van der Waals surface area contributed by atoms with Crippen molar-refractivity contribution in [2.75, 3.05) is 38.6 Å². The molecule has 1 aliphatic heterocycles. The Morgan fingerprint density at radius 3 is 2.41 bits per heavy atom. The predicted molar refractivity (Wildman–Crippen MR) is 127 cm³/mol. The van der Waals surface area contributed by atoms with Gasteiger partial charge in [-0.3, -0.25) is 14.5 Å². The average molecular weight is 450 g/mol. The van der Waals surface area contributed by atoms with E-state index < -0.39 is 6.04 Å². The van der Waals surface area contributed by atoms with E-state index in [1.807, 2.05) is 77.9 Å². The lowest BCUT2D eigenvalue weighted by molar-refractivity contribution is -0.122. The van der Waals surface area contributed by atoms with Crippen molar-refractivity contribution in [1.29, 1.82) is 0 Å². The molecule has 1 saturated heterocycles. The number of hydrogen-bond donors (Lipinski definition) is 1. The van der Waals surface area contributed by atoms with Crippen LogP contribution >= 0.6 is 11.3 Å². The van der Waals surface area contributed by atoms with Gasteiger partial charge in [-0.25, -0.2) is 0 Å². The number of aryl methyl sites for hydroxylation is 1. The molecule has 0 saturated carbocycles. The van der Waals surface area contributed by atoms with Gasteiger partial charge in [-0.05, 0) is 41.6 Å². The van der Waals surface area contributed by atoms with Crippen molar-refractivity contribution in [3.05, 3.63) is 82.0 Å². The lowest BCUT2D eigenvalue weighted by Crippen LogP contribution is -2.51. The fourth-order valence-electron chi connectivity index (χ4n) is 4.02. The maximum Gasteiger partial charge on any atom is 0.264 e. The van der Waals surface area contributed by atoms with Gasteiger partial charge in [-0.1, -0.05) is 42.5 Å². The van der Waals surface area contributed by atoms with Crippen LogP contribution in [-0.4, -0.2) is 54.9 Å². The van der Waals surface area contributed by atoms with E-state index in [1.54, 1.807) is 7.11 Å². The average Bonchev–Trinajstić information content (AvgIpc) is 3.35. The summed E-state index contributed by atoms with van der Waals surface area (Å²) in [5, 5.41) is 4.99. The Kier molecular flexibility index (Phi) is 6.87. The number of methoxy groups -OCH3 is 1. The van der Waals surface area contributed by atoms with Crippen molar-refractivity contribution in [2.45, 2.75) is 13.0 Å². The van der Waals surface area contributed by atoms with Crippen LogP contribution in [0.1, 0.15) is 26.8 Å². The molecule has 0 spiro atoms. The fraction of sp³-hybridized carbons (Fsp3) is 0.280. The van der Waals surface area contributed by atoms with Gasteiger partial charge in [0, 0.05) is 26.2 Å². The molecule has 0 bridgehead atoms. The molecule has 0 aliphatic carbocycles. The van der Waals surface area contributed by atoms with E-state index in [1.165, 1.54) is 11.3 Å². The molecule has 6 nitrogen and oxygen atoms in total.